The number of rotatable bonds is 13. The minimum Gasteiger partial charge on any atom is -0.491 e. The number of hydrogen-bond acceptors (Lipinski definition) is 11. The van der Waals surface area contributed by atoms with Crippen LogP contribution in [-0.4, -0.2) is 90.5 Å². The molecule has 7 atom stereocenters. The lowest BCUT2D eigenvalue weighted by Gasteiger charge is -2.46. The summed E-state index contributed by atoms with van der Waals surface area (Å²) in [6.45, 7) is 6.80. The van der Waals surface area contributed by atoms with E-state index in [4.69, 9.17) is 14.2 Å². The van der Waals surface area contributed by atoms with Crippen LogP contribution in [0.15, 0.2) is 116 Å². The molecule has 4 amide bonds. The molecule has 0 saturated carbocycles. The third kappa shape index (κ3) is 8.07. The fourth-order valence-corrected chi connectivity index (χ4v) is 9.22. The summed E-state index contributed by atoms with van der Waals surface area (Å²) in [5.41, 5.74) is 0.564. The van der Waals surface area contributed by atoms with Crippen LogP contribution in [0.5, 0.6) is 5.75 Å². The van der Waals surface area contributed by atoms with Gasteiger partial charge in [0.1, 0.15) is 36.0 Å². The number of aliphatic hydroxyl groups excluding tert-OH is 2. The third-order valence-electron chi connectivity index (χ3n) is 11.8. The van der Waals surface area contributed by atoms with E-state index in [0.29, 0.717) is 22.4 Å². The molecule has 4 N–H and O–H groups in total. The van der Waals surface area contributed by atoms with Crippen molar-refractivity contribution in [2.24, 2.45) is 11.8 Å². The lowest BCUT2D eigenvalue weighted by Crippen LogP contribution is -2.57. The number of carbonyl (C=O) groups excluding carboxylic acids is 5. The maximum atomic E-state index is 16.3. The average molecular weight is 855 g/mol. The van der Waals surface area contributed by atoms with Gasteiger partial charge in [0.2, 0.25) is 11.8 Å². The van der Waals surface area contributed by atoms with E-state index in [1.165, 1.54) is 13.2 Å². The first-order valence-electron chi connectivity index (χ1n) is 20.8. The molecule has 3 aliphatic rings. The van der Waals surface area contributed by atoms with Gasteiger partial charge in [0, 0.05) is 18.5 Å². The van der Waals surface area contributed by atoms with Gasteiger partial charge in [-0.1, -0.05) is 105 Å². The molecule has 63 heavy (non-hydrogen) atoms. The van der Waals surface area contributed by atoms with Gasteiger partial charge in [0.15, 0.2) is 0 Å². The van der Waals surface area contributed by atoms with Gasteiger partial charge in [-0.2, -0.15) is 0 Å². The molecule has 0 bridgehead atoms. The maximum absolute atomic E-state index is 16.3. The second-order valence-electron chi connectivity index (χ2n) is 15.8. The molecular formula is C49H50N4O10. The number of hydrogen-bond donors (Lipinski definition) is 4. The number of anilines is 1. The van der Waals surface area contributed by atoms with Gasteiger partial charge in [-0.15, -0.1) is 6.58 Å². The molecule has 0 aromatic heterocycles. The van der Waals surface area contributed by atoms with E-state index >= 15 is 14.4 Å². The smallest absolute Gasteiger partial charge is 0.329 e. The zero-order valence-corrected chi connectivity index (χ0v) is 35.2. The summed E-state index contributed by atoms with van der Waals surface area (Å²) < 4.78 is 17.2. The van der Waals surface area contributed by atoms with Crippen LogP contribution in [-0.2, 0) is 34.1 Å². The van der Waals surface area contributed by atoms with Crippen molar-refractivity contribution < 1.29 is 48.4 Å². The predicted molar refractivity (Wildman–Crippen MR) is 232 cm³/mol. The Balaban J connectivity index is 1.58. The number of amides is 4. The van der Waals surface area contributed by atoms with E-state index in [1.54, 1.807) is 56.3 Å². The number of cyclic esters (lactones) is 1. The molecule has 3 aliphatic heterocycles. The van der Waals surface area contributed by atoms with Crippen molar-refractivity contribution in [3.05, 3.63) is 144 Å². The number of urea groups is 1. The number of esters is 2. The molecule has 1 spiro atoms. The molecule has 4 aromatic carbocycles. The zero-order chi connectivity index (χ0) is 44.8. The monoisotopic (exact) mass is 854 g/mol. The highest BCUT2D eigenvalue weighted by atomic mass is 16.6. The number of benzene rings is 4. The van der Waals surface area contributed by atoms with Crippen LogP contribution in [0.3, 0.4) is 0 Å². The number of methoxy groups -OCH3 is 1. The molecule has 7 rings (SSSR count). The van der Waals surface area contributed by atoms with E-state index in [0.717, 1.165) is 10.5 Å². The van der Waals surface area contributed by atoms with Crippen LogP contribution in [0.25, 0.3) is 0 Å². The van der Waals surface area contributed by atoms with Gasteiger partial charge in [-0.05, 0) is 58.5 Å². The Morgan fingerprint density at radius 1 is 0.905 bits per heavy atom. The van der Waals surface area contributed by atoms with E-state index in [2.05, 4.69) is 29.1 Å². The first-order chi connectivity index (χ1) is 30.5. The van der Waals surface area contributed by atoms with E-state index < -0.39 is 77.3 Å². The van der Waals surface area contributed by atoms with Crippen LogP contribution in [0, 0.1) is 23.7 Å². The molecule has 0 radical (unpaired) electrons. The number of aliphatic hydroxyl groups is 2. The van der Waals surface area contributed by atoms with E-state index in [-0.39, 0.29) is 44.0 Å². The summed E-state index contributed by atoms with van der Waals surface area (Å²) in [4.78, 5) is 77.2. The van der Waals surface area contributed by atoms with E-state index in [9.17, 15) is 19.8 Å². The van der Waals surface area contributed by atoms with Crippen LogP contribution in [0.1, 0.15) is 66.3 Å². The molecule has 7 unspecified atom stereocenters. The average Bonchev–Trinajstić information content (AvgIpc) is 3.76. The molecular weight excluding hydrogens is 805 g/mol. The number of carbonyl (C=O) groups is 5. The highest BCUT2D eigenvalue weighted by Crippen LogP contribution is 2.66. The van der Waals surface area contributed by atoms with Gasteiger partial charge in [-0.3, -0.25) is 19.3 Å². The van der Waals surface area contributed by atoms with Crippen LogP contribution in [0.2, 0.25) is 0 Å². The Bertz CT molecular complexity index is 2410. The minimum atomic E-state index is -2.07. The molecule has 14 nitrogen and oxygen atoms in total. The quantitative estimate of drug-likeness (QED) is 0.0834. The number of fused-ring (bicyclic) bond motifs is 3. The first-order valence-corrected chi connectivity index (χ1v) is 20.8. The standard InChI is InChI=1S/C49H50N4O10/c1-5-25-50-44(56)38-41-46(58)63-42(33-17-10-7-11-18-33)40(32-15-8-6-9-16-32)53(41)43(34-20-22-35(23-21-34)62-28-27-55)49(38)36-29-31(14-12-13-26-54)19-24-37(36)52(47(49)59)48(60)51-39(30(2)3)45(57)61-4/h5-11,15-24,29-30,38-43,54-55H,1,13,25-28H2,2-4H3,(H,50,56)(H,51,60). The lowest BCUT2D eigenvalue weighted by atomic mass is 9.65. The predicted octanol–water partition coefficient (Wildman–Crippen LogP) is 4.67. The number of morpholine rings is 1. The summed E-state index contributed by atoms with van der Waals surface area (Å²) in [6.07, 6.45) is 0.702. The molecule has 326 valence electrons. The van der Waals surface area contributed by atoms with Crippen LogP contribution < -0.4 is 20.3 Å². The molecule has 3 heterocycles. The van der Waals surface area contributed by atoms with Crippen molar-refractivity contribution in [3.8, 4) is 17.6 Å². The second-order valence-corrected chi connectivity index (χ2v) is 15.8. The number of imide groups is 1. The van der Waals surface area contributed by atoms with Crippen molar-refractivity contribution in [2.45, 2.75) is 56.0 Å². The van der Waals surface area contributed by atoms with Crippen molar-refractivity contribution in [1.82, 2.24) is 15.5 Å². The van der Waals surface area contributed by atoms with Crippen LogP contribution >= 0.6 is 0 Å². The molecule has 2 fully saturated rings. The Morgan fingerprint density at radius 3 is 2.21 bits per heavy atom. The van der Waals surface area contributed by atoms with Crippen LogP contribution in [0.4, 0.5) is 10.5 Å². The minimum absolute atomic E-state index is 0.0172. The van der Waals surface area contributed by atoms with E-state index in [1.807, 2.05) is 65.6 Å². The van der Waals surface area contributed by atoms with Gasteiger partial charge in [-0.25, -0.2) is 14.5 Å². The topological polar surface area (TPSA) is 184 Å². The van der Waals surface area contributed by atoms with Crippen molar-refractivity contribution in [3.63, 3.8) is 0 Å². The maximum Gasteiger partial charge on any atom is 0.329 e. The molecule has 2 saturated heterocycles. The van der Waals surface area contributed by atoms with Gasteiger partial charge < -0.3 is 35.1 Å². The summed E-state index contributed by atoms with van der Waals surface area (Å²) in [7, 11) is 1.20. The highest BCUT2D eigenvalue weighted by Gasteiger charge is 2.75. The van der Waals surface area contributed by atoms with Gasteiger partial charge in [0.05, 0.1) is 44.0 Å². The van der Waals surface area contributed by atoms with Gasteiger partial charge >= 0.3 is 18.0 Å². The Morgan fingerprint density at radius 2 is 1.59 bits per heavy atom. The number of ether oxygens (including phenoxy) is 3. The Hall–Kier alpha value is -6.79. The van der Waals surface area contributed by atoms with Crippen molar-refractivity contribution in [1.29, 1.82) is 0 Å². The lowest BCUT2D eigenvalue weighted by molar-refractivity contribution is -0.178. The van der Waals surface area contributed by atoms with Crippen molar-refractivity contribution in [2.75, 3.05) is 38.4 Å². The normalized spacial score (nSPS) is 22.9. The molecule has 4 aromatic rings. The highest BCUT2D eigenvalue weighted by molar-refractivity contribution is 6.25. The fourth-order valence-electron chi connectivity index (χ4n) is 9.22. The first kappa shape index (κ1) is 44.3. The summed E-state index contributed by atoms with van der Waals surface area (Å²) in [5, 5.41) is 24.7. The SMILES string of the molecule is C=CCNC(=O)C1C2C(=O)OC(c3ccccc3)C(c3ccccc3)N2C(c2ccc(OCCO)cc2)C12C(=O)N(C(=O)NC(C(=O)OC)C(C)C)c1ccc(C#CCCO)cc12. The summed E-state index contributed by atoms with van der Waals surface area (Å²) in [6, 6.07) is 24.8. The number of nitrogens with zero attached hydrogens (tertiary/aromatic N) is 2. The molecule has 0 aliphatic carbocycles. The number of nitrogens with one attached hydrogen (secondary N) is 2. The van der Waals surface area contributed by atoms with Crippen molar-refractivity contribution >= 4 is 35.5 Å². The fraction of sp³-hybridized carbons (Fsp3) is 0.327. The summed E-state index contributed by atoms with van der Waals surface area (Å²) in [5.74, 6) is 1.39. The summed E-state index contributed by atoms with van der Waals surface area (Å²) >= 11 is 0. The third-order valence-corrected chi connectivity index (χ3v) is 11.8. The Kier molecular flexibility index (Phi) is 13.4. The zero-order valence-electron chi connectivity index (χ0n) is 35.2. The second kappa shape index (κ2) is 19.1. The van der Waals surface area contributed by atoms with Gasteiger partial charge in [0.25, 0.3) is 0 Å². The Labute approximate surface area is 365 Å². The largest absolute Gasteiger partial charge is 0.491 e. The molecule has 14 heteroatoms.